The SMILES string of the molecule is CC1CC1CNCC1Cc2cc(F)ccc2O1. The lowest BCUT2D eigenvalue weighted by molar-refractivity contribution is 0.227. The topological polar surface area (TPSA) is 21.3 Å². The third kappa shape index (κ3) is 2.44. The van der Waals surface area contributed by atoms with Crippen LogP contribution in [0, 0.1) is 17.7 Å². The van der Waals surface area contributed by atoms with Crippen LogP contribution >= 0.6 is 0 Å². The molecule has 1 heterocycles. The smallest absolute Gasteiger partial charge is 0.123 e. The van der Waals surface area contributed by atoms with Gasteiger partial charge in [-0.15, -0.1) is 0 Å². The number of ether oxygens (including phenoxy) is 1. The normalized spacial score (nSPS) is 29.9. The van der Waals surface area contributed by atoms with E-state index < -0.39 is 0 Å². The Hall–Kier alpha value is -1.09. The van der Waals surface area contributed by atoms with Crippen LogP contribution in [-0.4, -0.2) is 19.2 Å². The summed E-state index contributed by atoms with van der Waals surface area (Å²) in [5.74, 6) is 2.42. The fourth-order valence-corrected chi connectivity index (χ4v) is 2.52. The van der Waals surface area contributed by atoms with Crippen molar-refractivity contribution < 1.29 is 9.13 Å². The molecule has 1 aliphatic carbocycles. The maximum Gasteiger partial charge on any atom is 0.123 e. The number of rotatable bonds is 4. The standard InChI is InChI=1S/C14H18FNO/c1-9-4-11(9)7-16-8-13-6-10-5-12(15)2-3-14(10)17-13/h2-3,5,9,11,13,16H,4,6-8H2,1H3. The maximum absolute atomic E-state index is 13.0. The van der Waals surface area contributed by atoms with E-state index in [4.69, 9.17) is 4.74 Å². The van der Waals surface area contributed by atoms with Crippen LogP contribution in [0.15, 0.2) is 18.2 Å². The zero-order valence-corrected chi connectivity index (χ0v) is 10.1. The van der Waals surface area contributed by atoms with Crippen LogP contribution in [0.1, 0.15) is 18.9 Å². The number of benzene rings is 1. The van der Waals surface area contributed by atoms with E-state index in [1.165, 1.54) is 12.5 Å². The predicted molar refractivity (Wildman–Crippen MR) is 64.7 cm³/mol. The Morgan fingerprint density at radius 3 is 3.00 bits per heavy atom. The highest BCUT2D eigenvalue weighted by Crippen LogP contribution is 2.36. The lowest BCUT2D eigenvalue weighted by Gasteiger charge is -2.11. The molecule has 0 radical (unpaired) electrons. The Labute approximate surface area is 101 Å². The van der Waals surface area contributed by atoms with Crippen molar-refractivity contribution in [3.05, 3.63) is 29.6 Å². The van der Waals surface area contributed by atoms with E-state index in [1.807, 2.05) is 0 Å². The molecule has 0 saturated heterocycles. The summed E-state index contributed by atoms with van der Waals surface area (Å²) >= 11 is 0. The molecular formula is C14H18FNO. The monoisotopic (exact) mass is 235 g/mol. The van der Waals surface area contributed by atoms with Crippen molar-refractivity contribution in [3.63, 3.8) is 0 Å². The molecule has 1 fully saturated rings. The molecule has 3 unspecified atom stereocenters. The molecule has 2 aliphatic rings. The first-order valence-electron chi connectivity index (χ1n) is 6.38. The second-order valence-corrected chi connectivity index (χ2v) is 5.33. The molecule has 0 aromatic heterocycles. The molecule has 92 valence electrons. The van der Waals surface area contributed by atoms with Crippen LogP contribution in [0.4, 0.5) is 4.39 Å². The van der Waals surface area contributed by atoms with E-state index in [0.717, 1.165) is 42.7 Å². The van der Waals surface area contributed by atoms with Gasteiger partial charge >= 0.3 is 0 Å². The second-order valence-electron chi connectivity index (χ2n) is 5.33. The quantitative estimate of drug-likeness (QED) is 0.865. The lowest BCUT2D eigenvalue weighted by atomic mass is 10.1. The summed E-state index contributed by atoms with van der Waals surface area (Å²) in [4.78, 5) is 0. The van der Waals surface area contributed by atoms with Gasteiger partial charge in [0.05, 0.1) is 0 Å². The van der Waals surface area contributed by atoms with E-state index in [2.05, 4.69) is 12.2 Å². The van der Waals surface area contributed by atoms with Crippen LogP contribution in [0.3, 0.4) is 0 Å². The van der Waals surface area contributed by atoms with Gasteiger partial charge in [0, 0.05) is 18.5 Å². The van der Waals surface area contributed by atoms with Gasteiger partial charge in [-0.3, -0.25) is 0 Å². The summed E-state index contributed by atoms with van der Waals surface area (Å²) in [6, 6.07) is 4.77. The number of fused-ring (bicyclic) bond motifs is 1. The van der Waals surface area contributed by atoms with Crippen molar-refractivity contribution in [2.75, 3.05) is 13.1 Å². The van der Waals surface area contributed by atoms with Crippen molar-refractivity contribution in [1.29, 1.82) is 0 Å². The van der Waals surface area contributed by atoms with Crippen LogP contribution in [0.2, 0.25) is 0 Å². The summed E-state index contributed by atoms with van der Waals surface area (Å²) in [6.45, 7) is 4.24. The summed E-state index contributed by atoms with van der Waals surface area (Å²) < 4.78 is 18.8. The van der Waals surface area contributed by atoms with Crippen LogP contribution in [0.5, 0.6) is 5.75 Å². The minimum Gasteiger partial charge on any atom is -0.488 e. The number of hydrogen-bond donors (Lipinski definition) is 1. The molecule has 0 amide bonds. The molecule has 1 aromatic carbocycles. The molecule has 0 spiro atoms. The average molecular weight is 235 g/mol. The van der Waals surface area contributed by atoms with Crippen molar-refractivity contribution >= 4 is 0 Å². The predicted octanol–water partition coefficient (Wildman–Crippen LogP) is 2.37. The first kappa shape index (κ1) is 11.0. The van der Waals surface area contributed by atoms with Gasteiger partial charge in [-0.25, -0.2) is 4.39 Å². The summed E-state index contributed by atoms with van der Waals surface area (Å²) in [5.41, 5.74) is 0.997. The Morgan fingerprint density at radius 1 is 1.41 bits per heavy atom. The number of nitrogens with one attached hydrogen (secondary N) is 1. The fraction of sp³-hybridized carbons (Fsp3) is 0.571. The number of hydrogen-bond acceptors (Lipinski definition) is 2. The highest BCUT2D eigenvalue weighted by Gasteiger charge is 2.32. The van der Waals surface area contributed by atoms with Crippen molar-refractivity contribution in [2.24, 2.45) is 11.8 Å². The maximum atomic E-state index is 13.0. The van der Waals surface area contributed by atoms with Gasteiger partial charge in [0.2, 0.25) is 0 Å². The third-order valence-electron chi connectivity index (χ3n) is 3.82. The van der Waals surface area contributed by atoms with Crippen LogP contribution < -0.4 is 10.1 Å². The Bertz CT molecular complexity index is 421. The van der Waals surface area contributed by atoms with Crippen LogP contribution in [-0.2, 0) is 6.42 Å². The first-order valence-corrected chi connectivity index (χ1v) is 6.38. The van der Waals surface area contributed by atoms with E-state index in [-0.39, 0.29) is 11.9 Å². The van der Waals surface area contributed by atoms with Crippen molar-refractivity contribution in [2.45, 2.75) is 25.9 Å². The minimum atomic E-state index is -0.173. The molecule has 1 aliphatic heterocycles. The molecule has 3 heteroatoms. The minimum absolute atomic E-state index is 0.167. The van der Waals surface area contributed by atoms with E-state index in [1.54, 1.807) is 12.1 Å². The molecule has 3 rings (SSSR count). The third-order valence-corrected chi connectivity index (χ3v) is 3.82. The van der Waals surface area contributed by atoms with Gasteiger partial charge < -0.3 is 10.1 Å². The average Bonchev–Trinajstić information content (AvgIpc) is 2.85. The van der Waals surface area contributed by atoms with Gasteiger partial charge in [0.25, 0.3) is 0 Å². The van der Waals surface area contributed by atoms with E-state index >= 15 is 0 Å². The second kappa shape index (κ2) is 4.30. The van der Waals surface area contributed by atoms with Gasteiger partial charge in [-0.2, -0.15) is 0 Å². The summed E-state index contributed by atoms with van der Waals surface area (Å²) in [6.07, 6.45) is 2.34. The Balaban J connectivity index is 1.48. The fourth-order valence-electron chi connectivity index (χ4n) is 2.52. The largest absolute Gasteiger partial charge is 0.488 e. The molecular weight excluding hydrogens is 217 g/mol. The molecule has 1 N–H and O–H groups in total. The van der Waals surface area contributed by atoms with Gasteiger partial charge in [0.15, 0.2) is 0 Å². The Kier molecular flexibility index (Phi) is 2.79. The molecule has 1 saturated carbocycles. The van der Waals surface area contributed by atoms with Crippen molar-refractivity contribution in [3.8, 4) is 5.75 Å². The van der Waals surface area contributed by atoms with Gasteiger partial charge in [0.1, 0.15) is 17.7 Å². The number of halogens is 1. The highest BCUT2D eigenvalue weighted by atomic mass is 19.1. The first-order chi connectivity index (χ1) is 8.22. The molecule has 1 aromatic rings. The molecule has 17 heavy (non-hydrogen) atoms. The summed E-state index contributed by atoms with van der Waals surface area (Å²) in [5, 5.41) is 3.45. The van der Waals surface area contributed by atoms with Gasteiger partial charge in [-0.1, -0.05) is 6.92 Å². The van der Waals surface area contributed by atoms with E-state index in [0.29, 0.717) is 0 Å². The van der Waals surface area contributed by atoms with Crippen LogP contribution in [0.25, 0.3) is 0 Å². The van der Waals surface area contributed by atoms with Gasteiger partial charge in [-0.05, 0) is 43.0 Å². The molecule has 3 atom stereocenters. The Morgan fingerprint density at radius 2 is 2.24 bits per heavy atom. The van der Waals surface area contributed by atoms with E-state index in [9.17, 15) is 4.39 Å². The highest BCUT2D eigenvalue weighted by molar-refractivity contribution is 5.37. The zero-order chi connectivity index (χ0) is 11.8. The lowest BCUT2D eigenvalue weighted by Crippen LogP contribution is -2.31. The van der Waals surface area contributed by atoms with Crippen molar-refractivity contribution in [1.82, 2.24) is 5.32 Å². The molecule has 0 bridgehead atoms. The molecule has 2 nitrogen and oxygen atoms in total. The summed E-state index contributed by atoms with van der Waals surface area (Å²) in [7, 11) is 0. The zero-order valence-electron chi connectivity index (χ0n) is 10.1.